The van der Waals surface area contributed by atoms with Crippen molar-refractivity contribution in [1.82, 2.24) is 19.8 Å². The number of amides is 2. The van der Waals surface area contributed by atoms with Crippen LogP contribution in [0.4, 0.5) is 4.39 Å². The van der Waals surface area contributed by atoms with Crippen LogP contribution in [0.15, 0.2) is 36.9 Å². The van der Waals surface area contributed by atoms with Gasteiger partial charge in [0.05, 0.1) is 0 Å². The molecule has 0 saturated carbocycles. The number of carbonyl (C=O) groups is 2. The predicted octanol–water partition coefficient (Wildman–Crippen LogP) is 2.97. The van der Waals surface area contributed by atoms with Gasteiger partial charge in [0.25, 0.3) is 5.91 Å². The molecule has 1 aromatic heterocycles. The molecule has 0 aliphatic carbocycles. The Morgan fingerprint density at radius 3 is 2.64 bits per heavy atom. The number of hydrogen-bond acceptors (Lipinski definition) is 4. The minimum absolute atomic E-state index is 0.00279. The summed E-state index contributed by atoms with van der Waals surface area (Å²) in [6.45, 7) is 4.98. The summed E-state index contributed by atoms with van der Waals surface area (Å²) in [7, 11) is 0. The van der Waals surface area contributed by atoms with E-state index in [1.807, 2.05) is 9.80 Å². The lowest BCUT2D eigenvalue weighted by Gasteiger charge is -2.30. The molecule has 148 valence electrons. The third kappa shape index (κ3) is 4.71. The zero-order valence-electron chi connectivity index (χ0n) is 16.3. The number of rotatable bonds is 4. The van der Waals surface area contributed by atoms with Gasteiger partial charge in [-0.2, -0.15) is 0 Å². The maximum Gasteiger partial charge on any atom is 0.254 e. The van der Waals surface area contributed by atoms with Gasteiger partial charge in [0.2, 0.25) is 5.91 Å². The van der Waals surface area contributed by atoms with Gasteiger partial charge >= 0.3 is 0 Å². The van der Waals surface area contributed by atoms with Gasteiger partial charge in [0.15, 0.2) is 0 Å². The van der Waals surface area contributed by atoms with Crippen molar-refractivity contribution in [2.24, 2.45) is 0 Å². The average Bonchev–Trinajstić information content (AvgIpc) is 2.92. The molecule has 1 aliphatic rings. The molecule has 6 nitrogen and oxygen atoms in total. The molecule has 1 fully saturated rings. The molecule has 1 atom stereocenters. The monoisotopic (exact) mass is 384 g/mol. The zero-order valence-corrected chi connectivity index (χ0v) is 16.3. The van der Waals surface area contributed by atoms with Gasteiger partial charge in [-0.15, -0.1) is 0 Å². The van der Waals surface area contributed by atoms with E-state index in [0.717, 1.165) is 18.4 Å². The molecule has 1 saturated heterocycles. The summed E-state index contributed by atoms with van der Waals surface area (Å²) >= 11 is 0. The van der Waals surface area contributed by atoms with Crippen molar-refractivity contribution in [2.75, 3.05) is 13.1 Å². The molecule has 1 aliphatic heterocycles. The average molecular weight is 384 g/mol. The Bertz CT molecular complexity index is 844. The van der Waals surface area contributed by atoms with E-state index in [1.54, 1.807) is 32.3 Å². The lowest BCUT2D eigenvalue weighted by molar-refractivity contribution is -0.132. The minimum Gasteiger partial charge on any atom is -0.339 e. The summed E-state index contributed by atoms with van der Waals surface area (Å²) in [4.78, 5) is 36.8. The molecule has 2 amide bonds. The summed E-state index contributed by atoms with van der Waals surface area (Å²) in [5.74, 6) is -0.418. The lowest BCUT2D eigenvalue weighted by Crippen LogP contribution is -2.39. The first-order valence-electron chi connectivity index (χ1n) is 9.52. The molecule has 28 heavy (non-hydrogen) atoms. The summed E-state index contributed by atoms with van der Waals surface area (Å²) in [5.41, 5.74) is 2.06. The molecular weight excluding hydrogens is 359 g/mol. The van der Waals surface area contributed by atoms with E-state index in [-0.39, 0.29) is 23.7 Å². The van der Waals surface area contributed by atoms with E-state index in [2.05, 4.69) is 9.97 Å². The fourth-order valence-electron chi connectivity index (χ4n) is 3.74. The van der Waals surface area contributed by atoms with Crippen molar-refractivity contribution >= 4 is 11.8 Å². The van der Waals surface area contributed by atoms with Gasteiger partial charge in [0, 0.05) is 56.1 Å². The van der Waals surface area contributed by atoms with Crippen LogP contribution >= 0.6 is 0 Å². The molecule has 1 aromatic carbocycles. The van der Waals surface area contributed by atoms with Crippen LogP contribution in [0.5, 0.6) is 0 Å². The Morgan fingerprint density at radius 2 is 1.96 bits per heavy atom. The maximum atomic E-state index is 13.3. The Hall–Kier alpha value is -2.83. The highest BCUT2D eigenvalue weighted by Gasteiger charge is 2.27. The lowest BCUT2D eigenvalue weighted by atomic mass is 10.1. The second-order valence-electron chi connectivity index (χ2n) is 7.23. The van der Waals surface area contributed by atoms with Crippen LogP contribution in [0.25, 0.3) is 0 Å². The van der Waals surface area contributed by atoms with E-state index in [4.69, 9.17) is 0 Å². The fraction of sp³-hybridized carbons (Fsp3) is 0.429. The number of hydrogen-bond donors (Lipinski definition) is 0. The van der Waals surface area contributed by atoms with Gasteiger partial charge in [-0.25, -0.2) is 14.4 Å². The van der Waals surface area contributed by atoms with E-state index in [9.17, 15) is 14.0 Å². The first-order chi connectivity index (χ1) is 13.5. The van der Waals surface area contributed by atoms with Gasteiger partial charge in [-0.3, -0.25) is 9.59 Å². The maximum absolute atomic E-state index is 13.3. The third-order valence-corrected chi connectivity index (χ3v) is 5.22. The van der Waals surface area contributed by atoms with Crippen LogP contribution in [0, 0.1) is 12.7 Å². The Labute approximate surface area is 164 Å². The number of nitrogens with zero attached hydrogens (tertiary/aromatic N) is 4. The van der Waals surface area contributed by atoms with Crippen LogP contribution in [-0.2, 0) is 11.3 Å². The summed E-state index contributed by atoms with van der Waals surface area (Å²) in [6.07, 6.45) is 7.25. The SMILES string of the molecule is CC(=O)N(Cc1cncnc1)[C@@H]1CCCN(C(=O)c2ccc(F)cc2C)CC1. The second kappa shape index (κ2) is 8.91. The van der Waals surface area contributed by atoms with Crippen LogP contribution in [-0.4, -0.2) is 50.7 Å². The van der Waals surface area contributed by atoms with E-state index in [1.165, 1.54) is 18.5 Å². The van der Waals surface area contributed by atoms with Crippen molar-refractivity contribution in [2.45, 2.75) is 45.7 Å². The number of aryl methyl sites for hydroxylation is 1. The molecule has 7 heteroatoms. The van der Waals surface area contributed by atoms with Crippen molar-refractivity contribution < 1.29 is 14.0 Å². The molecule has 0 radical (unpaired) electrons. The minimum atomic E-state index is -0.341. The summed E-state index contributed by atoms with van der Waals surface area (Å²) in [5, 5.41) is 0. The fourth-order valence-corrected chi connectivity index (χ4v) is 3.74. The Morgan fingerprint density at radius 1 is 1.21 bits per heavy atom. The molecule has 0 bridgehead atoms. The summed E-state index contributed by atoms with van der Waals surface area (Å²) in [6, 6.07) is 4.31. The standard InChI is InChI=1S/C21H25FN4O2/c1-15-10-18(22)5-6-20(15)21(28)25-8-3-4-19(7-9-25)26(16(2)27)13-17-11-23-14-24-12-17/h5-6,10-12,14,19H,3-4,7-9,13H2,1-2H3/t19-/m1/s1. The largest absolute Gasteiger partial charge is 0.339 e. The van der Waals surface area contributed by atoms with Crippen LogP contribution < -0.4 is 0 Å². The Balaban J connectivity index is 1.69. The second-order valence-corrected chi connectivity index (χ2v) is 7.23. The van der Waals surface area contributed by atoms with Crippen LogP contribution in [0.1, 0.15) is 47.7 Å². The van der Waals surface area contributed by atoms with Gasteiger partial charge < -0.3 is 9.80 Å². The highest BCUT2D eigenvalue weighted by Crippen LogP contribution is 2.21. The van der Waals surface area contributed by atoms with E-state index < -0.39 is 0 Å². The predicted molar refractivity (Wildman–Crippen MR) is 103 cm³/mol. The third-order valence-electron chi connectivity index (χ3n) is 5.22. The van der Waals surface area contributed by atoms with Crippen molar-refractivity contribution in [1.29, 1.82) is 0 Å². The number of aromatic nitrogens is 2. The first kappa shape index (κ1) is 19.9. The molecule has 0 N–H and O–H groups in total. The van der Waals surface area contributed by atoms with E-state index in [0.29, 0.717) is 37.2 Å². The van der Waals surface area contributed by atoms with Gasteiger partial charge in [-0.05, 0) is 49.9 Å². The van der Waals surface area contributed by atoms with Crippen molar-refractivity contribution in [3.8, 4) is 0 Å². The first-order valence-corrected chi connectivity index (χ1v) is 9.52. The molecule has 0 spiro atoms. The number of halogens is 1. The Kier molecular flexibility index (Phi) is 6.34. The molecular formula is C21H25FN4O2. The zero-order chi connectivity index (χ0) is 20.1. The number of carbonyl (C=O) groups excluding carboxylic acids is 2. The number of benzene rings is 1. The highest BCUT2D eigenvalue weighted by atomic mass is 19.1. The number of likely N-dealkylation sites (tertiary alicyclic amines) is 1. The van der Waals surface area contributed by atoms with Crippen molar-refractivity contribution in [3.05, 3.63) is 59.4 Å². The van der Waals surface area contributed by atoms with Crippen LogP contribution in [0.2, 0.25) is 0 Å². The normalized spacial score (nSPS) is 17.1. The van der Waals surface area contributed by atoms with Crippen LogP contribution in [0.3, 0.4) is 0 Å². The topological polar surface area (TPSA) is 66.4 Å². The van der Waals surface area contributed by atoms with E-state index >= 15 is 0 Å². The molecule has 3 rings (SSSR count). The van der Waals surface area contributed by atoms with Crippen molar-refractivity contribution in [3.63, 3.8) is 0 Å². The van der Waals surface area contributed by atoms with Gasteiger partial charge in [-0.1, -0.05) is 0 Å². The molecule has 2 heterocycles. The highest BCUT2D eigenvalue weighted by molar-refractivity contribution is 5.95. The molecule has 0 unspecified atom stereocenters. The van der Waals surface area contributed by atoms with Gasteiger partial charge in [0.1, 0.15) is 12.1 Å². The summed E-state index contributed by atoms with van der Waals surface area (Å²) < 4.78 is 13.3. The smallest absolute Gasteiger partial charge is 0.254 e. The molecule has 2 aromatic rings. The quantitative estimate of drug-likeness (QED) is 0.813.